The molecule has 0 aliphatic heterocycles. The Morgan fingerprint density at radius 3 is 2.55 bits per heavy atom. The monoisotopic (exact) mass is 160 g/mol. The van der Waals surface area contributed by atoms with E-state index in [1.807, 2.05) is 0 Å². The van der Waals surface area contributed by atoms with E-state index in [0.29, 0.717) is 0 Å². The zero-order valence-corrected chi connectivity index (χ0v) is 6.16. The number of hydrogen-bond donors (Lipinski definition) is 2. The van der Waals surface area contributed by atoms with Crippen LogP contribution in [0, 0.1) is 7.11 Å². The van der Waals surface area contributed by atoms with Crippen molar-refractivity contribution in [3.8, 4) is 0 Å². The van der Waals surface area contributed by atoms with Crippen LogP contribution in [-0.2, 0) is 14.3 Å². The van der Waals surface area contributed by atoms with Crippen LogP contribution in [-0.4, -0.2) is 29.6 Å². The summed E-state index contributed by atoms with van der Waals surface area (Å²) in [5.74, 6) is -1.17. The van der Waals surface area contributed by atoms with Crippen LogP contribution in [0.3, 0.4) is 0 Å². The number of carbonyl (C=O) groups excluding carboxylic acids is 2. The van der Waals surface area contributed by atoms with Crippen molar-refractivity contribution < 1.29 is 19.4 Å². The molecule has 1 unspecified atom stereocenters. The van der Waals surface area contributed by atoms with Gasteiger partial charge < -0.3 is 15.2 Å². The maximum atomic E-state index is 10.6. The Balaban J connectivity index is 3.94. The Morgan fingerprint density at radius 1 is 1.73 bits per heavy atom. The number of amides is 1. The number of rotatable bonds is 3. The van der Waals surface area contributed by atoms with Gasteiger partial charge in [-0.1, -0.05) is 0 Å². The molecule has 0 spiro atoms. The normalized spacial score (nSPS) is 11.9. The maximum absolute atomic E-state index is 10.6. The van der Waals surface area contributed by atoms with Gasteiger partial charge in [-0.05, 0) is 0 Å². The van der Waals surface area contributed by atoms with Crippen LogP contribution in [0.15, 0.2) is 0 Å². The minimum Gasteiger partial charge on any atom is -0.460 e. The van der Waals surface area contributed by atoms with Gasteiger partial charge in [-0.25, -0.2) is 4.79 Å². The van der Waals surface area contributed by atoms with Gasteiger partial charge in [0.05, 0.1) is 6.61 Å². The van der Waals surface area contributed by atoms with Crippen molar-refractivity contribution in [1.29, 1.82) is 0 Å². The molecule has 0 rings (SSSR count). The highest BCUT2D eigenvalue weighted by molar-refractivity contribution is 5.83. The first-order chi connectivity index (χ1) is 5.11. The zero-order valence-electron chi connectivity index (χ0n) is 6.16. The molecule has 1 amide bonds. The minimum absolute atomic E-state index is 0.408. The lowest BCUT2D eigenvalue weighted by atomic mass is 10.3. The second-order valence-corrected chi connectivity index (χ2v) is 1.90. The summed E-state index contributed by atoms with van der Waals surface area (Å²) in [6.07, 6.45) is 0. The van der Waals surface area contributed by atoms with Gasteiger partial charge in [0.15, 0.2) is 6.04 Å². The molecule has 63 valence electrons. The summed E-state index contributed by atoms with van der Waals surface area (Å²) < 4.78 is 4.04. The molecule has 0 aromatic carbocycles. The van der Waals surface area contributed by atoms with Gasteiger partial charge >= 0.3 is 5.97 Å². The number of esters is 1. The first kappa shape index (κ1) is 9.90. The molecule has 1 atom stereocenters. The molecule has 0 aromatic heterocycles. The molecule has 5 nitrogen and oxygen atoms in total. The van der Waals surface area contributed by atoms with Crippen LogP contribution in [0.5, 0.6) is 0 Å². The van der Waals surface area contributed by atoms with E-state index in [4.69, 9.17) is 5.11 Å². The van der Waals surface area contributed by atoms with Gasteiger partial charge in [0.25, 0.3) is 0 Å². The van der Waals surface area contributed by atoms with Gasteiger partial charge in [0.1, 0.15) is 7.11 Å². The largest absolute Gasteiger partial charge is 0.460 e. The average Bonchev–Trinajstić information content (AvgIpc) is 1.98. The number of aliphatic hydroxyl groups is 1. The second kappa shape index (κ2) is 4.68. The SMILES string of the molecule is [CH2]OC(=O)C(CO)NC(C)=O. The summed E-state index contributed by atoms with van der Waals surface area (Å²) >= 11 is 0. The zero-order chi connectivity index (χ0) is 8.85. The fourth-order valence-electron chi connectivity index (χ4n) is 0.525. The minimum atomic E-state index is -1.01. The van der Waals surface area contributed by atoms with Crippen molar-refractivity contribution >= 4 is 11.9 Å². The number of ether oxygens (including phenoxy) is 1. The molecule has 11 heavy (non-hydrogen) atoms. The summed E-state index contributed by atoms with van der Waals surface area (Å²) in [7, 11) is 2.85. The summed E-state index contributed by atoms with van der Waals surface area (Å²) in [6, 6.07) is -1.01. The lowest BCUT2D eigenvalue weighted by Crippen LogP contribution is -2.42. The smallest absolute Gasteiger partial charge is 0.331 e. The Labute approximate surface area is 64.3 Å². The van der Waals surface area contributed by atoms with Gasteiger partial charge in [-0.15, -0.1) is 0 Å². The van der Waals surface area contributed by atoms with E-state index in [1.54, 1.807) is 0 Å². The van der Waals surface area contributed by atoms with Gasteiger partial charge in [0, 0.05) is 6.92 Å². The molecule has 5 heteroatoms. The lowest BCUT2D eigenvalue weighted by molar-refractivity contribution is -0.143. The van der Waals surface area contributed by atoms with Gasteiger partial charge in [-0.3, -0.25) is 4.79 Å². The van der Waals surface area contributed by atoms with Crippen molar-refractivity contribution in [3.63, 3.8) is 0 Å². The summed E-state index contributed by atoms with van der Waals surface area (Å²) in [4.78, 5) is 21.0. The number of aliphatic hydroxyl groups excluding tert-OH is 1. The summed E-state index contributed by atoms with van der Waals surface area (Å²) in [5, 5.41) is 10.7. The van der Waals surface area contributed by atoms with Crippen molar-refractivity contribution in [2.24, 2.45) is 0 Å². The molecule has 0 aromatic rings. The van der Waals surface area contributed by atoms with E-state index in [9.17, 15) is 9.59 Å². The molecule has 0 aliphatic carbocycles. The molecule has 0 aliphatic rings. The van der Waals surface area contributed by atoms with E-state index in [0.717, 1.165) is 0 Å². The van der Waals surface area contributed by atoms with Crippen LogP contribution < -0.4 is 5.32 Å². The van der Waals surface area contributed by atoms with E-state index >= 15 is 0 Å². The third-order valence-corrected chi connectivity index (χ3v) is 0.987. The number of nitrogens with one attached hydrogen (secondary N) is 1. The first-order valence-electron chi connectivity index (χ1n) is 2.95. The predicted octanol–water partition coefficient (Wildman–Crippen LogP) is -1.18. The lowest BCUT2D eigenvalue weighted by Gasteiger charge is -2.11. The molecule has 0 fully saturated rings. The van der Waals surface area contributed by atoms with E-state index < -0.39 is 24.5 Å². The predicted molar refractivity (Wildman–Crippen MR) is 36.1 cm³/mol. The third-order valence-electron chi connectivity index (χ3n) is 0.987. The van der Waals surface area contributed by atoms with Crippen LogP contribution in [0.2, 0.25) is 0 Å². The molecular formula is C6H10NO4. The summed E-state index contributed by atoms with van der Waals surface area (Å²) in [5.41, 5.74) is 0. The van der Waals surface area contributed by atoms with Crippen LogP contribution >= 0.6 is 0 Å². The molecule has 1 radical (unpaired) electrons. The number of hydrogen-bond acceptors (Lipinski definition) is 4. The molecule has 0 bridgehead atoms. The second-order valence-electron chi connectivity index (χ2n) is 1.90. The Morgan fingerprint density at radius 2 is 2.27 bits per heavy atom. The van der Waals surface area contributed by atoms with E-state index in [1.165, 1.54) is 6.92 Å². The fourth-order valence-corrected chi connectivity index (χ4v) is 0.525. The maximum Gasteiger partial charge on any atom is 0.331 e. The Hall–Kier alpha value is -1.10. The van der Waals surface area contributed by atoms with Crippen molar-refractivity contribution in [1.82, 2.24) is 5.32 Å². The molecule has 0 saturated carbocycles. The van der Waals surface area contributed by atoms with E-state index in [2.05, 4.69) is 17.2 Å². The molecule has 0 heterocycles. The molecule has 2 N–H and O–H groups in total. The Bertz CT molecular complexity index is 157. The molecular weight excluding hydrogens is 150 g/mol. The molecule has 0 saturated heterocycles. The topological polar surface area (TPSA) is 75.6 Å². The van der Waals surface area contributed by atoms with Gasteiger partial charge in [-0.2, -0.15) is 0 Å². The quantitative estimate of drug-likeness (QED) is 0.509. The van der Waals surface area contributed by atoms with Crippen LogP contribution in [0.1, 0.15) is 6.92 Å². The Kier molecular flexibility index (Phi) is 4.21. The third kappa shape index (κ3) is 3.57. The first-order valence-corrected chi connectivity index (χ1v) is 2.95. The fraction of sp³-hybridized carbons (Fsp3) is 0.500. The van der Waals surface area contributed by atoms with Crippen molar-refractivity contribution in [2.75, 3.05) is 6.61 Å². The average molecular weight is 160 g/mol. The highest BCUT2D eigenvalue weighted by atomic mass is 16.5. The summed E-state index contributed by atoms with van der Waals surface area (Å²) in [6.45, 7) is 0.743. The number of carbonyl (C=O) groups is 2. The standard InChI is InChI=1S/C6H10NO4/c1-4(9)7-5(3-8)6(10)11-2/h5,8H,2-3H2,1H3,(H,7,9). The van der Waals surface area contributed by atoms with E-state index in [-0.39, 0.29) is 0 Å². The highest BCUT2D eigenvalue weighted by Gasteiger charge is 2.18. The van der Waals surface area contributed by atoms with Crippen LogP contribution in [0.4, 0.5) is 0 Å². The van der Waals surface area contributed by atoms with Crippen LogP contribution in [0.25, 0.3) is 0 Å². The van der Waals surface area contributed by atoms with Crippen molar-refractivity contribution in [3.05, 3.63) is 7.11 Å². The highest BCUT2D eigenvalue weighted by Crippen LogP contribution is 1.86. The van der Waals surface area contributed by atoms with Gasteiger partial charge in [0.2, 0.25) is 5.91 Å². The van der Waals surface area contributed by atoms with Crippen molar-refractivity contribution in [2.45, 2.75) is 13.0 Å².